The molecule has 0 nitrogen and oxygen atoms in total. The third-order valence-electron chi connectivity index (χ3n) is 5.66. The number of benzene rings is 4. The minimum absolute atomic E-state index is 1.23. The molecule has 0 bridgehead atoms. The fraction of sp³-hybridized carbons (Fsp3) is 0. The number of hydrogen-bond acceptors (Lipinski definition) is 2. The van der Waals surface area contributed by atoms with E-state index >= 15 is 0 Å². The molecule has 2 heteroatoms. The minimum Gasteiger partial charge on any atom is -0.136 e. The van der Waals surface area contributed by atoms with Crippen LogP contribution in [0, 0.1) is 0 Å². The summed E-state index contributed by atoms with van der Waals surface area (Å²) < 4.78 is 2.67. The first-order valence-corrected chi connectivity index (χ1v) is 12.3. The Balaban J connectivity index is 1.23. The van der Waals surface area contributed by atoms with E-state index in [1.54, 1.807) is 0 Å². The molecular formula is C30H20S2. The lowest BCUT2D eigenvalue weighted by Gasteiger charge is -2.02. The third-order valence-corrected chi connectivity index (χ3v) is 7.82. The maximum absolute atomic E-state index is 2.26. The molecule has 0 unspecified atom stereocenters. The summed E-state index contributed by atoms with van der Waals surface area (Å²) in [5.41, 5.74) is 2.45. The predicted octanol–water partition coefficient (Wildman–Crippen LogP) is 9.61. The van der Waals surface area contributed by atoms with Crippen molar-refractivity contribution in [1.29, 1.82) is 0 Å². The lowest BCUT2D eigenvalue weighted by atomic mass is 10.0. The van der Waals surface area contributed by atoms with Gasteiger partial charge in [-0.05, 0) is 81.2 Å². The first-order valence-electron chi connectivity index (χ1n) is 10.7. The van der Waals surface area contributed by atoms with Crippen LogP contribution in [0.3, 0.4) is 0 Å². The van der Waals surface area contributed by atoms with Gasteiger partial charge in [-0.1, -0.05) is 72.8 Å². The van der Waals surface area contributed by atoms with Crippen LogP contribution in [0.4, 0.5) is 0 Å². The molecule has 32 heavy (non-hydrogen) atoms. The topological polar surface area (TPSA) is 0 Å². The molecule has 4 aromatic carbocycles. The average molecular weight is 445 g/mol. The van der Waals surface area contributed by atoms with Gasteiger partial charge >= 0.3 is 0 Å². The standard InChI is InChI=1S/C30H20S2/c1-3-7-29-25(5-1)19-27(31-29)15-11-21-9-13-24-18-22(10-14-23(24)17-21)12-16-28-20-26-6-2-4-8-30(26)32-28/h1-20H/b15-11+,16-12+. The van der Waals surface area contributed by atoms with Crippen molar-refractivity contribution < 1.29 is 0 Å². The minimum atomic E-state index is 1.23. The molecule has 2 heterocycles. The lowest BCUT2D eigenvalue weighted by Crippen LogP contribution is -1.78. The fourth-order valence-electron chi connectivity index (χ4n) is 4.02. The van der Waals surface area contributed by atoms with E-state index in [1.807, 2.05) is 22.7 Å². The van der Waals surface area contributed by atoms with Gasteiger partial charge in [0, 0.05) is 19.2 Å². The van der Waals surface area contributed by atoms with E-state index in [-0.39, 0.29) is 0 Å². The SMILES string of the molecule is C(=C\c1cc2ccccc2s1)/c1ccc2cc(/C=C/c3cc4ccccc4s3)ccc2c1. The van der Waals surface area contributed by atoms with Crippen LogP contribution in [0.15, 0.2) is 97.1 Å². The molecule has 152 valence electrons. The molecule has 0 amide bonds. The summed E-state index contributed by atoms with van der Waals surface area (Å²) in [6.45, 7) is 0. The van der Waals surface area contributed by atoms with Crippen LogP contribution >= 0.6 is 22.7 Å². The van der Waals surface area contributed by atoms with Gasteiger partial charge in [-0.2, -0.15) is 0 Å². The second-order valence-corrected chi connectivity index (χ2v) is 10.1. The highest BCUT2D eigenvalue weighted by atomic mass is 32.1. The molecule has 0 aliphatic carbocycles. The second-order valence-electron chi connectivity index (χ2n) is 7.91. The second kappa shape index (κ2) is 8.23. The fourth-order valence-corrected chi connectivity index (χ4v) is 5.95. The quantitative estimate of drug-likeness (QED) is 0.254. The van der Waals surface area contributed by atoms with E-state index in [9.17, 15) is 0 Å². The molecule has 0 N–H and O–H groups in total. The summed E-state index contributed by atoms with van der Waals surface area (Å²) in [7, 11) is 0. The van der Waals surface area contributed by atoms with Crippen molar-refractivity contribution in [2.24, 2.45) is 0 Å². The van der Waals surface area contributed by atoms with Crippen LogP contribution in [0.5, 0.6) is 0 Å². The normalized spacial score (nSPS) is 12.1. The molecule has 0 saturated heterocycles. The molecule has 0 spiro atoms. The van der Waals surface area contributed by atoms with Crippen molar-refractivity contribution in [2.75, 3.05) is 0 Å². The smallest absolute Gasteiger partial charge is 0.0349 e. The number of rotatable bonds is 4. The zero-order valence-corrected chi connectivity index (χ0v) is 19.0. The van der Waals surface area contributed by atoms with Crippen molar-refractivity contribution in [2.45, 2.75) is 0 Å². The first-order chi connectivity index (χ1) is 15.8. The van der Waals surface area contributed by atoms with Gasteiger partial charge in [0.25, 0.3) is 0 Å². The Hall–Kier alpha value is -3.46. The lowest BCUT2D eigenvalue weighted by molar-refractivity contribution is 1.69. The van der Waals surface area contributed by atoms with Crippen molar-refractivity contribution in [1.82, 2.24) is 0 Å². The Kier molecular flexibility index (Phi) is 4.95. The molecular weight excluding hydrogens is 424 g/mol. The Morgan fingerprint density at radius 3 is 1.34 bits per heavy atom. The highest BCUT2D eigenvalue weighted by Gasteiger charge is 2.00. The molecule has 0 atom stereocenters. The van der Waals surface area contributed by atoms with Crippen LogP contribution in [-0.2, 0) is 0 Å². The van der Waals surface area contributed by atoms with Gasteiger partial charge in [0.2, 0.25) is 0 Å². The molecule has 6 rings (SSSR count). The maximum atomic E-state index is 2.26. The number of fused-ring (bicyclic) bond motifs is 3. The largest absolute Gasteiger partial charge is 0.136 e. The molecule has 2 aromatic heterocycles. The van der Waals surface area contributed by atoms with Gasteiger partial charge in [0.1, 0.15) is 0 Å². The number of thiophene rings is 2. The summed E-state index contributed by atoms with van der Waals surface area (Å²) in [6.07, 6.45) is 8.85. The van der Waals surface area contributed by atoms with E-state index in [0.29, 0.717) is 0 Å². The van der Waals surface area contributed by atoms with Crippen molar-refractivity contribution in [3.63, 3.8) is 0 Å². The van der Waals surface area contributed by atoms with Gasteiger partial charge in [-0.25, -0.2) is 0 Å². The molecule has 0 radical (unpaired) electrons. The van der Waals surface area contributed by atoms with Crippen LogP contribution in [0.25, 0.3) is 55.2 Å². The molecule has 6 aromatic rings. The van der Waals surface area contributed by atoms with Gasteiger partial charge in [0.15, 0.2) is 0 Å². The summed E-state index contributed by atoms with van der Waals surface area (Å²) in [5, 5.41) is 5.16. The highest BCUT2D eigenvalue weighted by Crippen LogP contribution is 2.29. The third kappa shape index (κ3) is 3.91. The van der Waals surface area contributed by atoms with E-state index < -0.39 is 0 Å². The zero-order chi connectivity index (χ0) is 21.3. The Morgan fingerprint density at radius 2 is 0.875 bits per heavy atom. The average Bonchev–Trinajstić information content (AvgIpc) is 3.44. The predicted molar refractivity (Wildman–Crippen MR) is 145 cm³/mol. The van der Waals surface area contributed by atoms with Gasteiger partial charge in [-0.15, -0.1) is 22.7 Å². The van der Waals surface area contributed by atoms with Gasteiger partial charge in [0.05, 0.1) is 0 Å². The van der Waals surface area contributed by atoms with Crippen molar-refractivity contribution >= 4 is 77.9 Å². The molecule has 0 fully saturated rings. The maximum Gasteiger partial charge on any atom is 0.0349 e. The summed E-state index contributed by atoms with van der Waals surface area (Å²) >= 11 is 3.67. The van der Waals surface area contributed by atoms with Crippen LogP contribution < -0.4 is 0 Å². The highest BCUT2D eigenvalue weighted by molar-refractivity contribution is 7.20. The molecule has 0 aliphatic rings. The van der Waals surface area contributed by atoms with Gasteiger partial charge < -0.3 is 0 Å². The van der Waals surface area contributed by atoms with Gasteiger partial charge in [-0.3, -0.25) is 0 Å². The van der Waals surface area contributed by atoms with E-state index in [2.05, 4.69) is 121 Å². The zero-order valence-electron chi connectivity index (χ0n) is 17.4. The number of hydrogen-bond donors (Lipinski definition) is 0. The summed E-state index contributed by atoms with van der Waals surface area (Å²) in [6, 6.07) is 35.0. The first kappa shape index (κ1) is 19.2. The van der Waals surface area contributed by atoms with Crippen molar-refractivity contribution in [3.8, 4) is 0 Å². The Bertz CT molecular complexity index is 1440. The van der Waals surface area contributed by atoms with E-state index in [1.165, 1.54) is 51.8 Å². The van der Waals surface area contributed by atoms with Crippen LogP contribution in [-0.4, -0.2) is 0 Å². The van der Waals surface area contributed by atoms with E-state index in [0.717, 1.165) is 0 Å². The Morgan fingerprint density at radius 1 is 0.406 bits per heavy atom. The summed E-state index contributed by atoms with van der Waals surface area (Å²) in [4.78, 5) is 2.57. The van der Waals surface area contributed by atoms with Crippen molar-refractivity contribution in [3.05, 3.63) is 118 Å². The van der Waals surface area contributed by atoms with Crippen LogP contribution in [0.2, 0.25) is 0 Å². The van der Waals surface area contributed by atoms with Crippen LogP contribution in [0.1, 0.15) is 20.9 Å². The Labute approximate surface area is 195 Å². The molecule has 0 saturated carbocycles. The van der Waals surface area contributed by atoms with E-state index in [4.69, 9.17) is 0 Å². The molecule has 0 aliphatic heterocycles. The summed E-state index contributed by atoms with van der Waals surface area (Å²) in [5.74, 6) is 0. The monoisotopic (exact) mass is 444 g/mol.